The number of fused-ring (bicyclic) bond motifs is 1. The Labute approximate surface area is 105 Å². The molecule has 0 bridgehead atoms. The van der Waals surface area contributed by atoms with Crippen LogP contribution in [0.5, 0.6) is 0 Å². The van der Waals surface area contributed by atoms with Gasteiger partial charge >= 0.3 is 0 Å². The van der Waals surface area contributed by atoms with Crippen LogP contribution in [0.1, 0.15) is 19.9 Å². The molecule has 0 radical (unpaired) electrons. The maximum atomic E-state index is 11.4. The summed E-state index contributed by atoms with van der Waals surface area (Å²) in [7, 11) is 1.48. The smallest absolute Gasteiger partial charge is 0.250 e. The number of nitrogens with one attached hydrogen (secondary N) is 1. The van der Waals surface area contributed by atoms with Gasteiger partial charge in [0.2, 0.25) is 5.91 Å². The number of amides is 1. The summed E-state index contributed by atoms with van der Waals surface area (Å²) in [6.07, 6.45) is 3.37. The summed E-state index contributed by atoms with van der Waals surface area (Å²) in [5.74, 6) is -0.199. The lowest BCUT2D eigenvalue weighted by Crippen LogP contribution is -2.17. The van der Waals surface area contributed by atoms with E-state index in [1.807, 2.05) is 24.6 Å². The minimum Gasteiger partial charge on any atom is -0.375 e. The van der Waals surface area contributed by atoms with Gasteiger partial charge in [-0.15, -0.1) is 0 Å². The van der Waals surface area contributed by atoms with Crippen molar-refractivity contribution in [2.45, 2.75) is 19.9 Å². The normalized spacial score (nSPS) is 11.1. The number of nitrogens with zero attached hydrogens (tertiary/aromatic N) is 3. The van der Waals surface area contributed by atoms with Crippen molar-refractivity contribution in [2.75, 3.05) is 19.0 Å². The molecular formula is C12H16N4O2. The van der Waals surface area contributed by atoms with E-state index < -0.39 is 0 Å². The van der Waals surface area contributed by atoms with E-state index in [0.29, 0.717) is 5.69 Å². The molecule has 6 nitrogen and oxygen atoms in total. The number of carbonyl (C=O) groups excluding carboxylic acids is 1. The third-order valence-electron chi connectivity index (χ3n) is 2.48. The minimum absolute atomic E-state index is 0.0310. The van der Waals surface area contributed by atoms with E-state index in [4.69, 9.17) is 4.74 Å². The van der Waals surface area contributed by atoms with Crippen molar-refractivity contribution in [3.05, 3.63) is 18.5 Å². The zero-order valence-corrected chi connectivity index (χ0v) is 10.7. The van der Waals surface area contributed by atoms with Crippen LogP contribution in [0, 0.1) is 0 Å². The van der Waals surface area contributed by atoms with E-state index in [-0.39, 0.29) is 18.6 Å². The fourth-order valence-corrected chi connectivity index (χ4v) is 1.71. The van der Waals surface area contributed by atoms with Gasteiger partial charge in [0, 0.05) is 18.5 Å². The quantitative estimate of drug-likeness (QED) is 0.892. The van der Waals surface area contributed by atoms with Crippen LogP contribution in [0.4, 0.5) is 5.69 Å². The van der Waals surface area contributed by atoms with Crippen molar-refractivity contribution in [1.29, 1.82) is 0 Å². The van der Waals surface area contributed by atoms with Crippen molar-refractivity contribution in [3.8, 4) is 0 Å². The first-order valence-electron chi connectivity index (χ1n) is 5.74. The zero-order valence-electron chi connectivity index (χ0n) is 10.7. The highest BCUT2D eigenvalue weighted by Gasteiger charge is 2.08. The van der Waals surface area contributed by atoms with Crippen LogP contribution in [0.2, 0.25) is 0 Å². The van der Waals surface area contributed by atoms with E-state index in [1.54, 1.807) is 12.4 Å². The van der Waals surface area contributed by atoms with Crippen molar-refractivity contribution in [3.63, 3.8) is 0 Å². The van der Waals surface area contributed by atoms with Crippen LogP contribution in [-0.4, -0.2) is 34.4 Å². The van der Waals surface area contributed by atoms with Crippen LogP contribution in [0.15, 0.2) is 18.5 Å². The molecule has 0 aliphatic rings. The summed E-state index contributed by atoms with van der Waals surface area (Å²) >= 11 is 0. The van der Waals surface area contributed by atoms with Crippen LogP contribution in [0.25, 0.3) is 11.0 Å². The summed E-state index contributed by atoms with van der Waals surface area (Å²) in [6.45, 7) is 4.12. The second-order valence-corrected chi connectivity index (χ2v) is 4.30. The molecule has 0 aliphatic carbocycles. The lowest BCUT2D eigenvalue weighted by molar-refractivity contribution is -0.119. The molecule has 96 valence electrons. The molecule has 2 heterocycles. The molecule has 0 saturated carbocycles. The van der Waals surface area contributed by atoms with Gasteiger partial charge in [0.15, 0.2) is 5.65 Å². The number of ether oxygens (including phenoxy) is 1. The molecule has 2 rings (SSSR count). The Balaban J connectivity index is 2.26. The third kappa shape index (κ3) is 2.48. The van der Waals surface area contributed by atoms with Crippen molar-refractivity contribution in [2.24, 2.45) is 0 Å². The Morgan fingerprint density at radius 1 is 1.50 bits per heavy atom. The van der Waals surface area contributed by atoms with E-state index >= 15 is 0 Å². The minimum atomic E-state index is -0.199. The summed E-state index contributed by atoms with van der Waals surface area (Å²) in [6, 6.07) is 2.10. The first-order chi connectivity index (χ1) is 8.61. The number of hydrogen-bond donors (Lipinski definition) is 1. The van der Waals surface area contributed by atoms with Gasteiger partial charge in [0.1, 0.15) is 6.61 Å². The zero-order chi connectivity index (χ0) is 13.1. The van der Waals surface area contributed by atoms with Gasteiger partial charge in [-0.1, -0.05) is 0 Å². The summed E-state index contributed by atoms with van der Waals surface area (Å²) < 4.78 is 6.59. The molecule has 2 aromatic rings. The van der Waals surface area contributed by atoms with E-state index in [0.717, 1.165) is 11.0 Å². The molecule has 0 spiro atoms. The molecule has 0 fully saturated rings. The lowest BCUT2D eigenvalue weighted by atomic mass is 10.3. The van der Waals surface area contributed by atoms with Gasteiger partial charge in [-0.05, 0) is 19.9 Å². The third-order valence-corrected chi connectivity index (χ3v) is 2.48. The van der Waals surface area contributed by atoms with Crippen LogP contribution < -0.4 is 5.32 Å². The Bertz CT molecular complexity index is 562. The fraction of sp³-hybridized carbons (Fsp3) is 0.417. The molecular weight excluding hydrogens is 232 g/mol. The van der Waals surface area contributed by atoms with Gasteiger partial charge in [0.25, 0.3) is 0 Å². The number of pyridine rings is 1. The molecule has 0 unspecified atom stereocenters. The fourth-order valence-electron chi connectivity index (χ4n) is 1.71. The average Bonchev–Trinajstić information content (AvgIpc) is 2.72. The molecule has 0 aromatic carbocycles. The molecule has 0 saturated heterocycles. The van der Waals surface area contributed by atoms with Crippen molar-refractivity contribution in [1.82, 2.24) is 14.8 Å². The Morgan fingerprint density at radius 3 is 2.94 bits per heavy atom. The second-order valence-electron chi connectivity index (χ2n) is 4.30. The van der Waals surface area contributed by atoms with Gasteiger partial charge < -0.3 is 10.1 Å². The average molecular weight is 248 g/mol. The van der Waals surface area contributed by atoms with Crippen LogP contribution >= 0.6 is 0 Å². The molecule has 0 aliphatic heterocycles. The standard InChI is InChI=1S/C12H16N4O2/c1-8(2)16-12-9(5-14-16)4-10(6-13-12)15-11(17)7-18-3/h4-6,8H,7H2,1-3H3,(H,15,17). The number of hydrogen-bond acceptors (Lipinski definition) is 4. The number of anilines is 1. The largest absolute Gasteiger partial charge is 0.375 e. The van der Waals surface area contributed by atoms with Gasteiger partial charge in [-0.2, -0.15) is 5.10 Å². The van der Waals surface area contributed by atoms with E-state index in [2.05, 4.69) is 15.4 Å². The Hall–Kier alpha value is -1.95. The highest BCUT2D eigenvalue weighted by Crippen LogP contribution is 2.18. The first-order valence-corrected chi connectivity index (χ1v) is 5.74. The van der Waals surface area contributed by atoms with E-state index in [9.17, 15) is 4.79 Å². The predicted octanol–water partition coefficient (Wildman–Crippen LogP) is 1.60. The number of aromatic nitrogens is 3. The number of rotatable bonds is 4. The summed E-state index contributed by atoms with van der Waals surface area (Å²) in [4.78, 5) is 15.7. The Kier molecular flexibility index (Phi) is 3.57. The lowest BCUT2D eigenvalue weighted by Gasteiger charge is -2.07. The molecule has 18 heavy (non-hydrogen) atoms. The molecule has 1 amide bonds. The molecule has 6 heteroatoms. The maximum absolute atomic E-state index is 11.4. The highest BCUT2D eigenvalue weighted by atomic mass is 16.5. The number of carbonyl (C=O) groups is 1. The molecule has 2 aromatic heterocycles. The van der Waals surface area contributed by atoms with E-state index in [1.165, 1.54) is 7.11 Å². The van der Waals surface area contributed by atoms with Gasteiger partial charge in [-0.25, -0.2) is 9.67 Å². The number of methoxy groups -OCH3 is 1. The van der Waals surface area contributed by atoms with Crippen LogP contribution in [0.3, 0.4) is 0 Å². The van der Waals surface area contributed by atoms with Crippen LogP contribution in [-0.2, 0) is 9.53 Å². The van der Waals surface area contributed by atoms with Gasteiger partial charge in [-0.3, -0.25) is 4.79 Å². The summed E-state index contributed by atoms with van der Waals surface area (Å²) in [5, 5.41) is 7.88. The van der Waals surface area contributed by atoms with Crippen molar-refractivity contribution >= 4 is 22.6 Å². The molecule has 1 N–H and O–H groups in total. The monoisotopic (exact) mass is 248 g/mol. The first kappa shape index (κ1) is 12.5. The Morgan fingerprint density at radius 2 is 2.28 bits per heavy atom. The SMILES string of the molecule is COCC(=O)Nc1cnc2c(cnn2C(C)C)c1. The predicted molar refractivity (Wildman–Crippen MR) is 68.4 cm³/mol. The highest BCUT2D eigenvalue weighted by molar-refractivity contribution is 5.93. The van der Waals surface area contributed by atoms with Gasteiger partial charge in [0.05, 0.1) is 18.1 Å². The second kappa shape index (κ2) is 5.14. The maximum Gasteiger partial charge on any atom is 0.250 e. The topological polar surface area (TPSA) is 69.0 Å². The van der Waals surface area contributed by atoms with Crippen molar-refractivity contribution < 1.29 is 9.53 Å². The molecule has 0 atom stereocenters. The summed E-state index contributed by atoms with van der Waals surface area (Å²) in [5.41, 5.74) is 1.46.